The van der Waals surface area contributed by atoms with Gasteiger partial charge in [-0.2, -0.15) is 0 Å². The van der Waals surface area contributed by atoms with Crippen LogP contribution in [0.15, 0.2) is 59.6 Å². The van der Waals surface area contributed by atoms with Crippen LogP contribution in [0.2, 0.25) is 0 Å². The number of hydrogen-bond acceptors (Lipinski definition) is 7. The van der Waals surface area contributed by atoms with Crippen molar-refractivity contribution in [1.29, 1.82) is 0 Å². The van der Waals surface area contributed by atoms with E-state index in [0.29, 0.717) is 12.8 Å². The van der Waals surface area contributed by atoms with E-state index >= 15 is 4.79 Å². The first-order valence-electron chi connectivity index (χ1n) is 19.9. The molecule has 3 aliphatic heterocycles. The number of nitrogens with one attached hydrogen (secondary N) is 4. The molecule has 1 aliphatic carbocycles. The average Bonchev–Trinajstić information content (AvgIpc) is 3.59. The molecule has 8 atom stereocenters. The van der Waals surface area contributed by atoms with Crippen LogP contribution in [0, 0.1) is 5.92 Å². The summed E-state index contributed by atoms with van der Waals surface area (Å²) in [6.07, 6.45) is 4.93. The summed E-state index contributed by atoms with van der Waals surface area (Å²) in [4.78, 5) is 93.2. The Balaban J connectivity index is 1.39. The molecule has 0 radical (unpaired) electrons. The first kappa shape index (κ1) is 40.2. The minimum Gasteiger partial charge on any atom is -0.370 e. The Kier molecular flexibility index (Phi) is 12.9. The predicted molar refractivity (Wildman–Crippen MR) is 209 cm³/mol. The molecule has 15 heteroatoms. The number of fused-ring (bicyclic) bond motifs is 5. The Bertz CT molecular complexity index is 1820. The van der Waals surface area contributed by atoms with Gasteiger partial charge in [-0.3, -0.25) is 33.8 Å². The number of nitrogens with zero attached hydrogens (tertiary/aromatic N) is 3. The third-order valence-electron chi connectivity index (χ3n) is 11.7. The molecular formula is C41H55N9O6. The second-order valence-corrected chi connectivity index (χ2v) is 15.5. The third kappa shape index (κ3) is 9.14. The first-order chi connectivity index (χ1) is 26.9. The molecule has 6 amide bonds. The summed E-state index contributed by atoms with van der Waals surface area (Å²) in [5.74, 6) is -3.02. The molecule has 8 N–H and O–H groups in total. The van der Waals surface area contributed by atoms with Gasteiger partial charge in [0.15, 0.2) is 5.96 Å². The van der Waals surface area contributed by atoms with Gasteiger partial charge >= 0.3 is 0 Å². The summed E-state index contributed by atoms with van der Waals surface area (Å²) >= 11 is 0. The van der Waals surface area contributed by atoms with Crippen LogP contribution in [0.4, 0.5) is 0 Å². The Morgan fingerprint density at radius 1 is 0.750 bits per heavy atom. The lowest BCUT2D eigenvalue weighted by molar-refractivity contribution is -0.152. The van der Waals surface area contributed by atoms with Gasteiger partial charge in [-0.05, 0) is 68.1 Å². The molecule has 3 fully saturated rings. The molecule has 0 unspecified atom stereocenters. The zero-order valence-corrected chi connectivity index (χ0v) is 32.2. The van der Waals surface area contributed by atoms with E-state index in [1.54, 1.807) is 18.7 Å². The topological polar surface area (TPSA) is 221 Å². The number of rotatable bonds is 7. The van der Waals surface area contributed by atoms with Crippen LogP contribution in [-0.2, 0) is 48.2 Å². The molecule has 6 rings (SSSR count). The zero-order valence-electron chi connectivity index (χ0n) is 32.2. The van der Waals surface area contributed by atoms with Gasteiger partial charge in [-0.15, -0.1) is 0 Å². The highest BCUT2D eigenvalue weighted by molar-refractivity contribution is 5.99. The Labute approximate surface area is 327 Å². The van der Waals surface area contributed by atoms with E-state index in [0.717, 1.165) is 42.4 Å². The molecule has 2 aromatic carbocycles. The van der Waals surface area contributed by atoms with Gasteiger partial charge in [0.1, 0.15) is 36.3 Å². The van der Waals surface area contributed by atoms with E-state index in [1.807, 2.05) is 54.6 Å². The minimum absolute atomic E-state index is 0.0830. The van der Waals surface area contributed by atoms with Gasteiger partial charge in [-0.1, -0.05) is 74.4 Å². The smallest absolute Gasteiger partial charge is 0.246 e. The summed E-state index contributed by atoms with van der Waals surface area (Å²) in [6.45, 7) is 3.66. The van der Waals surface area contributed by atoms with Gasteiger partial charge in [0.2, 0.25) is 35.4 Å². The van der Waals surface area contributed by atoms with Crippen molar-refractivity contribution in [3.8, 4) is 0 Å². The highest BCUT2D eigenvalue weighted by Crippen LogP contribution is 2.41. The van der Waals surface area contributed by atoms with Crippen LogP contribution in [0.5, 0.6) is 0 Å². The number of amides is 6. The van der Waals surface area contributed by atoms with Crippen molar-refractivity contribution >= 4 is 41.4 Å². The van der Waals surface area contributed by atoms with Gasteiger partial charge in [0, 0.05) is 32.0 Å². The van der Waals surface area contributed by atoms with Crippen LogP contribution in [-0.4, -0.2) is 100 Å². The molecule has 0 aromatic heterocycles. The Morgan fingerprint density at radius 3 is 2.12 bits per heavy atom. The number of carbonyl (C=O) groups is 6. The van der Waals surface area contributed by atoms with Gasteiger partial charge < -0.3 is 42.5 Å². The van der Waals surface area contributed by atoms with Crippen molar-refractivity contribution in [2.75, 3.05) is 6.54 Å². The molecule has 56 heavy (non-hydrogen) atoms. The molecule has 2 saturated heterocycles. The number of hydrogen-bond donors (Lipinski definition) is 6. The normalized spacial score (nSPS) is 28.9. The van der Waals surface area contributed by atoms with Crippen LogP contribution in [0.1, 0.15) is 81.9 Å². The maximum absolute atomic E-state index is 15.1. The van der Waals surface area contributed by atoms with Crippen molar-refractivity contribution < 1.29 is 28.8 Å². The molecule has 0 bridgehead atoms. The first-order valence-corrected chi connectivity index (χ1v) is 19.9. The number of benzene rings is 2. The summed E-state index contributed by atoms with van der Waals surface area (Å²) in [5, 5.41) is 11.4. The summed E-state index contributed by atoms with van der Waals surface area (Å²) in [5.41, 5.74) is 13.7. The molecular weight excluding hydrogens is 715 g/mol. The van der Waals surface area contributed by atoms with E-state index in [1.165, 1.54) is 4.90 Å². The molecule has 1 saturated carbocycles. The minimum atomic E-state index is -1.10. The van der Waals surface area contributed by atoms with Gasteiger partial charge in [-0.25, -0.2) is 0 Å². The van der Waals surface area contributed by atoms with E-state index < -0.39 is 65.8 Å². The number of carbonyl (C=O) groups excluding carboxylic acids is 6. The third-order valence-corrected chi connectivity index (χ3v) is 11.7. The van der Waals surface area contributed by atoms with Crippen molar-refractivity contribution in [2.24, 2.45) is 22.4 Å². The zero-order chi connectivity index (χ0) is 39.9. The predicted octanol–water partition coefficient (Wildman–Crippen LogP) is 0.779. The number of guanidine groups is 1. The van der Waals surface area contributed by atoms with Crippen LogP contribution >= 0.6 is 0 Å². The molecule has 300 valence electrons. The summed E-state index contributed by atoms with van der Waals surface area (Å²) < 4.78 is 0. The summed E-state index contributed by atoms with van der Waals surface area (Å²) in [7, 11) is 0. The standard InChI is InChI=1S/C41H55N9O6/c1-3-29-35(51)48-31(20-25-12-5-4-6-13-25)37(53)45-24(2)39(55)49-23-28-16-8-7-14-26(28)21-34(49)40(56)50-32-18-10-9-15-27(32)22-33(50)38(54)47-30(36(52)46-29)17-11-19-44-41(42)43/h4-8,12-14,16,24,27,29-34H,3,9-11,15,17-23H2,1-2H3,(H,45,53)(H,46,52)(H,47,54)(H,48,51)(H4,42,43,44)/t24-,27-,29-,30-,31+,32-,33-,34+/m0/s1. The molecule has 0 spiro atoms. The Morgan fingerprint density at radius 2 is 1.39 bits per heavy atom. The maximum atomic E-state index is 15.1. The van der Waals surface area contributed by atoms with E-state index in [2.05, 4.69) is 26.3 Å². The Hall–Kier alpha value is -5.47. The van der Waals surface area contributed by atoms with E-state index in [4.69, 9.17) is 11.5 Å². The van der Waals surface area contributed by atoms with E-state index in [9.17, 15) is 24.0 Å². The number of nitrogens with two attached hydrogens (primary N) is 2. The van der Waals surface area contributed by atoms with Crippen molar-refractivity contribution in [2.45, 2.75) is 127 Å². The highest BCUT2D eigenvalue weighted by Gasteiger charge is 2.51. The van der Waals surface area contributed by atoms with Gasteiger partial charge in [0.05, 0.1) is 0 Å². The molecule has 4 aliphatic rings. The average molecular weight is 770 g/mol. The van der Waals surface area contributed by atoms with E-state index in [-0.39, 0.29) is 62.6 Å². The molecule has 15 nitrogen and oxygen atoms in total. The lowest BCUT2D eigenvalue weighted by Gasteiger charge is -2.42. The van der Waals surface area contributed by atoms with Crippen molar-refractivity contribution in [3.05, 3.63) is 71.3 Å². The lowest BCUT2D eigenvalue weighted by atomic mass is 9.84. The largest absolute Gasteiger partial charge is 0.370 e. The quantitative estimate of drug-likeness (QED) is 0.134. The molecule has 2 aromatic rings. The van der Waals surface area contributed by atoms with Crippen molar-refractivity contribution in [1.82, 2.24) is 31.1 Å². The second-order valence-electron chi connectivity index (χ2n) is 15.5. The lowest BCUT2D eigenvalue weighted by Crippen LogP contribution is -2.63. The fraction of sp³-hybridized carbons (Fsp3) is 0.537. The van der Waals surface area contributed by atoms with Crippen LogP contribution in [0.25, 0.3) is 0 Å². The fourth-order valence-corrected chi connectivity index (χ4v) is 8.78. The van der Waals surface area contributed by atoms with Crippen LogP contribution in [0.3, 0.4) is 0 Å². The number of aliphatic imine (C=N–C) groups is 1. The monoisotopic (exact) mass is 769 g/mol. The van der Waals surface area contributed by atoms with Crippen molar-refractivity contribution in [3.63, 3.8) is 0 Å². The van der Waals surface area contributed by atoms with Gasteiger partial charge in [0.25, 0.3) is 0 Å². The highest BCUT2D eigenvalue weighted by atomic mass is 16.2. The molecule has 3 heterocycles. The summed E-state index contributed by atoms with van der Waals surface area (Å²) in [6, 6.07) is 10.5. The second kappa shape index (κ2) is 18.0. The fourth-order valence-electron chi connectivity index (χ4n) is 8.78. The van der Waals surface area contributed by atoms with Crippen LogP contribution < -0.4 is 32.7 Å². The maximum Gasteiger partial charge on any atom is 0.246 e. The SMILES string of the molecule is CC[C@@H]1NC(=O)[C@H](CCCN=C(N)N)NC(=O)[C@@H]2C[C@@H]3CCCC[C@@H]3N2C(=O)[C@H]2Cc3ccccc3CN2C(=O)[C@H](C)NC(=O)[C@@H](Cc2ccccc2)NC1=O.